The Hall–Kier alpha value is -1.60. The first-order valence-corrected chi connectivity index (χ1v) is 8.57. The second-order valence-corrected chi connectivity index (χ2v) is 6.43. The van der Waals surface area contributed by atoms with E-state index in [0.717, 1.165) is 34.7 Å². The number of thioether (sulfide) groups is 2. The van der Waals surface area contributed by atoms with Crippen molar-refractivity contribution in [3.8, 4) is 0 Å². The number of hydrogen-bond acceptors (Lipinski definition) is 4. The van der Waals surface area contributed by atoms with Crippen LogP contribution in [0.1, 0.15) is 15.2 Å². The lowest BCUT2D eigenvalue weighted by Crippen LogP contribution is -2.25. The molecule has 0 atom stereocenters. The molecular weight excluding hydrogens is 357 g/mol. The zero-order valence-electron chi connectivity index (χ0n) is 15.3. The van der Waals surface area contributed by atoms with Gasteiger partial charge in [0.05, 0.1) is 0 Å². The zero-order chi connectivity index (χ0) is 20.1. The van der Waals surface area contributed by atoms with Crippen molar-refractivity contribution in [2.45, 2.75) is 22.4 Å². The van der Waals surface area contributed by atoms with Crippen molar-refractivity contribution in [2.24, 2.45) is 0 Å². The van der Waals surface area contributed by atoms with Crippen LogP contribution in [-0.4, -0.2) is 24.3 Å². The van der Waals surface area contributed by atoms with Crippen LogP contribution >= 0.6 is 23.5 Å². The Kier molecular flexibility index (Phi) is 5.20. The highest BCUT2D eigenvalue weighted by atomic mass is 32.2. The average Bonchev–Trinajstić information content (AvgIpc) is 2.56. The van der Waals surface area contributed by atoms with E-state index in [2.05, 4.69) is 4.74 Å². The van der Waals surface area contributed by atoms with E-state index in [1.165, 1.54) is 0 Å². The van der Waals surface area contributed by atoms with Gasteiger partial charge in [0.15, 0.2) is 0 Å². The number of benzene rings is 2. The van der Waals surface area contributed by atoms with Crippen LogP contribution in [0.3, 0.4) is 0 Å². The fraction of sp³-hybridized carbons (Fsp3) is 0.235. The Bertz CT molecular complexity index is 761. The Morgan fingerprint density at radius 2 is 1.58 bits per heavy atom. The maximum absolute atomic E-state index is 12.0. The fourth-order valence-corrected chi connectivity index (χ4v) is 2.75. The van der Waals surface area contributed by atoms with Gasteiger partial charge in [-0.25, -0.2) is 4.79 Å². The Morgan fingerprint density at radius 1 is 1.04 bits per heavy atom. The van der Waals surface area contributed by atoms with E-state index < -0.39 is 24.3 Å². The van der Waals surface area contributed by atoms with E-state index in [-0.39, 0.29) is 0 Å². The summed E-state index contributed by atoms with van der Waals surface area (Å²) in [6.07, 6.45) is -6.43. The molecular formula is C17H15F3O2S2. The van der Waals surface area contributed by atoms with Crippen LogP contribution in [0.5, 0.6) is 0 Å². The molecule has 2 nitrogen and oxygen atoms in total. The summed E-state index contributed by atoms with van der Waals surface area (Å²) in [6, 6.07) is 14.4. The molecule has 0 aromatic heterocycles. The van der Waals surface area contributed by atoms with Crippen molar-refractivity contribution in [3.05, 3.63) is 59.7 Å². The lowest BCUT2D eigenvalue weighted by molar-refractivity contribution is -0.197. The van der Waals surface area contributed by atoms with E-state index in [9.17, 15) is 18.0 Å². The molecule has 0 saturated carbocycles. The van der Waals surface area contributed by atoms with Crippen LogP contribution < -0.4 is 0 Å². The lowest BCUT2D eigenvalue weighted by Gasteiger charge is -2.08. The molecule has 0 N–H and O–H groups in total. The molecule has 24 heavy (non-hydrogen) atoms. The SMILES string of the molecule is [2H]C([2H])([2H])Sc1ccc(Cc2ccc(SCOC(=O)C(F)(F)F)cc2)cc1. The highest BCUT2D eigenvalue weighted by Crippen LogP contribution is 2.23. The van der Waals surface area contributed by atoms with Gasteiger partial charge in [0.25, 0.3) is 0 Å². The standard InChI is InChI=1S/C17H15F3O2S2/c1-23-14-6-2-12(3-7-14)10-13-4-8-15(9-5-13)24-11-22-16(21)17(18,19)20/h2-9H,10-11H2,1H3/i1D3. The predicted molar refractivity (Wildman–Crippen MR) is 90.3 cm³/mol. The van der Waals surface area contributed by atoms with E-state index >= 15 is 0 Å². The highest BCUT2D eigenvalue weighted by molar-refractivity contribution is 7.99. The summed E-state index contributed by atoms with van der Waals surface area (Å²) in [5.41, 5.74) is 1.99. The summed E-state index contributed by atoms with van der Waals surface area (Å²) in [4.78, 5) is 12.0. The molecule has 0 radical (unpaired) electrons. The van der Waals surface area contributed by atoms with Gasteiger partial charge in [-0.05, 0) is 48.0 Å². The topological polar surface area (TPSA) is 26.3 Å². The number of halogens is 3. The maximum atomic E-state index is 12.0. The molecule has 0 unspecified atom stereocenters. The van der Waals surface area contributed by atoms with E-state index in [4.69, 9.17) is 4.11 Å². The van der Waals surface area contributed by atoms with Gasteiger partial charge in [-0.2, -0.15) is 13.2 Å². The van der Waals surface area contributed by atoms with Crippen LogP contribution in [0.25, 0.3) is 0 Å². The number of carbonyl (C=O) groups is 1. The first-order chi connectivity index (χ1) is 12.5. The molecule has 2 aromatic rings. The second kappa shape index (κ2) is 8.48. The van der Waals surface area contributed by atoms with E-state index in [1.54, 1.807) is 24.3 Å². The minimum atomic E-state index is -4.98. The molecule has 0 amide bonds. The number of hydrogen-bond donors (Lipinski definition) is 0. The smallest absolute Gasteiger partial charge is 0.448 e. The van der Waals surface area contributed by atoms with Gasteiger partial charge in [0, 0.05) is 13.9 Å². The quantitative estimate of drug-likeness (QED) is 0.396. The largest absolute Gasteiger partial charge is 0.490 e. The third-order valence-corrected chi connectivity index (χ3v) is 4.37. The Labute approximate surface area is 151 Å². The molecule has 0 bridgehead atoms. The molecule has 0 aliphatic carbocycles. The minimum absolute atomic E-state index is 0.416. The maximum Gasteiger partial charge on any atom is 0.490 e. The summed E-state index contributed by atoms with van der Waals surface area (Å²) in [5.74, 6) is -2.62. The molecule has 0 spiro atoms. The molecule has 2 aromatic carbocycles. The summed E-state index contributed by atoms with van der Waals surface area (Å²) < 4.78 is 61.9. The van der Waals surface area contributed by atoms with Gasteiger partial charge < -0.3 is 4.74 Å². The van der Waals surface area contributed by atoms with Crippen molar-refractivity contribution in [1.29, 1.82) is 0 Å². The van der Waals surface area contributed by atoms with Crippen molar-refractivity contribution in [1.82, 2.24) is 0 Å². The summed E-state index contributed by atoms with van der Waals surface area (Å²) in [5, 5.41) is 0. The molecule has 0 aliphatic rings. The number of rotatable bonds is 6. The number of ether oxygens (including phenoxy) is 1. The summed E-state index contributed by atoms with van der Waals surface area (Å²) >= 11 is 1.81. The van der Waals surface area contributed by atoms with Gasteiger partial charge in [0.1, 0.15) is 5.94 Å². The molecule has 0 heterocycles. The fourth-order valence-electron chi connectivity index (χ4n) is 1.85. The summed E-state index contributed by atoms with van der Waals surface area (Å²) in [6.45, 7) is 0. The van der Waals surface area contributed by atoms with Gasteiger partial charge in [-0.1, -0.05) is 36.0 Å². The lowest BCUT2D eigenvalue weighted by atomic mass is 10.1. The average molecular weight is 375 g/mol. The Morgan fingerprint density at radius 3 is 2.08 bits per heavy atom. The van der Waals surface area contributed by atoms with Crippen molar-refractivity contribution >= 4 is 29.5 Å². The zero-order valence-corrected chi connectivity index (χ0v) is 13.9. The van der Waals surface area contributed by atoms with Gasteiger partial charge in [0.2, 0.25) is 0 Å². The third kappa shape index (κ3) is 5.79. The molecule has 7 heteroatoms. The third-order valence-electron chi connectivity index (χ3n) is 3.02. The number of carbonyl (C=O) groups excluding carboxylic acids is 1. The first kappa shape index (κ1) is 14.7. The molecule has 128 valence electrons. The summed E-state index contributed by atoms with van der Waals surface area (Å²) in [7, 11) is 0. The number of esters is 1. The van der Waals surface area contributed by atoms with Crippen molar-refractivity contribution in [3.63, 3.8) is 0 Å². The van der Waals surface area contributed by atoms with Crippen LogP contribution in [-0.2, 0) is 16.0 Å². The van der Waals surface area contributed by atoms with E-state index in [1.807, 2.05) is 24.3 Å². The van der Waals surface area contributed by atoms with Gasteiger partial charge >= 0.3 is 12.1 Å². The highest BCUT2D eigenvalue weighted by Gasteiger charge is 2.40. The second-order valence-electron chi connectivity index (χ2n) is 4.76. The minimum Gasteiger partial charge on any atom is -0.448 e. The molecule has 0 fully saturated rings. The Balaban J connectivity index is 1.86. The van der Waals surface area contributed by atoms with Crippen LogP contribution in [0.15, 0.2) is 58.3 Å². The predicted octanol–water partition coefficient (Wildman–Crippen LogP) is 5.15. The van der Waals surface area contributed by atoms with Crippen LogP contribution in [0.2, 0.25) is 0 Å². The molecule has 2 rings (SSSR count). The first-order valence-electron chi connectivity index (χ1n) is 8.26. The monoisotopic (exact) mass is 375 g/mol. The number of alkyl halides is 3. The normalized spacial score (nSPS) is 13.7. The molecule has 0 saturated heterocycles. The van der Waals surface area contributed by atoms with Gasteiger partial charge in [-0.15, -0.1) is 11.8 Å². The van der Waals surface area contributed by atoms with Crippen molar-refractivity contribution < 1.29 is 26.8 Å². The van der Waals surface area contributed by atoms with Crippen molar-refractivity contribution in [2.75, 3.05) is 12.1 Å². The van der Waals surface area contributed by atoms with E-state index in [0.29, 0.717) is 16.2 Å². The van der Waals surface area contributed by atoms with Crippen LogP contribution in [0, 0.1) is 0 Å². The van der Waals surface area contributed by atoms with Gasteiger partial charge in [-0.3, -0.25) is 0 Å². The molecule has 0 aliphatic heterocycles. The van der Waals surface area contributed by atoms with Crippen LogP contribution in [0.4, 0.5) is 13.2 Å².